The molecule has 1 aliphatic carbocycles. The highest BCUT2D eigenvalue weighted by molar-refractivity contribution is 4.89. The summed E-state index contributed by atoms with van der Waals surface area (Å²) in [4.78, 5) is 0. The van der Waals surface area contributed by atoms with Crippen LogP contribution in [0, 0.1) is 23.7 Å². The summed E-state index contributed by atoms with van der Waals surface area (Å²) in [5.41, 5.74) is 0. The summed E-state index contributed by atoms with van der Waals surface area (Å²) in [7, 11) is 3.57. The van der Waals surface area contributed by atoms with Crippen molar-refractivity contribution in [2.24, 2.45) is 23.7 Å². The molecule has 1 saturated carbocycles. The predicted molar refractivity (Wildman–Crippen MR) is 108 cm³/mol. The Labute approximate surface area is 161 Å². The first-order valence-corrected chi connectivity index (χ1v) is 11.0. The lowest BCUT2D eigenvalue weighted by Gasteiger charge is -2.42. The van der Waals surface area contributed by atoms with Crippen LogP contribution in [0.4, 0.5) is 0 Å². The normalized spacial score (nSPS) is 35.2. The minimum atomic E-state index is 0.240. The Hall–Kier alpha value is -0.160. The minimum absolute atomic E-state index is 0.240. The van der Waals surface area contributed by atoms with Crippen LogP contribution >= 0.6 is 0 Å². The van der Waals surface area contributed by atoms with Gasteiger partial charge in [0.25, 0.3) is 0 Å². The zero-order valence-electron chi connectivity index (χ0n) is 17.8. The molecule has 1 saturated heterocycles. The van der Waals surface area contributed by atoms with Crippen molar-refractivity contribution in [1.82, 2.24) is 5.32 Å². The average Bonchev–Trinajstić information content (AvgIpc) is 2.67. The van der Waals surface area contributed by atoms with Gasteiger partial charge in [0, 0.05) is 20.3 Å². The van der Waals surface area contributed by atoms with E-state index in [-0.39, 0.29) is 12.2 Å². The highest BCUT2D eigenvalue weighted by Crippen LogP contribution is 2.40. The summed E-state index contributed by atoms with van der Waals surface area (Å²) in [5.74, 6) is 3.24. The van der Waals surface area contributed by atoms with E-state index in [4.69, 9.17) is 14.2 Å². The molecule has 2 fully saturated rings. The first-order chi connectivity index (χ1) is 12.6. The van der Waals surface area contributed by atoms with Crippen molar-refractivity contribution in [3.05, 3.63) is 0 Å². The second-order valence-electron chi connectivity index (χ2n) is 8.69. The lowest BCUT2D eigenvalue weighted by molar-refractivity contribution is -0.0984. The summed E-state index contributed by atoms with van der Waals surface area (Å²) in [5, 5.41) is 3.73. The van der Waals surface area contributed by atoms with Crippen molar-refractivity contribution < 1.29 is 14.2 Å². The molecule has 0 spiro atoms. The first-order valence-electron chi connectivity index (χ1n) is 11.0. The van der Waals surface area contributed by atoms with Gasteiger partial charge in [0.1, 0.15) is 0 Å². The lowest BCUT2D eigenvalue weighted by atomic mass is 9.68. The van der Waals surface area contributed by atoms with Gasteiger partial charge < -0.3 is 19.5 Å². The van der Waals surface area contributed by atoms with Gasteiger partial charge >= 0.3 is 0 Å². The molecule has 0 radical (unpaired) electrons. The Kier molecular flexibility index (Phi) is 9.90. The van der Waals surface area contributed by atoms with E-state index in [1.54, 1.807) is 7.11 Å². The van der Waals surface area contributed by atoms with E-state index < -0.39 is 0 Å². The van der Waals surface area contributed by atoms with Crippen molar-refractivity contribution in [2.75, 3.05) is 34.0 Å². The minimum Gasteiger partial charge on any atom is -0.382 e. The fourth-order valence-electron chi connectivity index (χ4n) is 5.29. The number of piperidine rings is 1. The maximum atomic E-state index is 6.02. The molecular weight excluding hydrogens is 326 g/mol. The SMILES string of the molecule is CCC(C)[C@@H](CC1CC[C@@H](OCCOC)[C@H](OC)C1)C1CCCN[C@@H]1C. The standard InChI is InChI=1S/C22H43NO3/c1-6-16(2)20(19-8-7-11-23-17(19)3)14-18-9-10-21(22(15-18)25-5)26-13-12-24-4/h16-23H,6-15H2,1-5H3/t16?,17-,18?,19?,20-,21-,22-/m1/s1. The highest BCUT2D eigenvalue weighted by atomic mass is 16.5. The molecule has 0 aromatic heterocycles. The Morgan fingerprint density at radius 3 is 2.54 bits per heavy atom. The van der Waals surface area contributed by atoms with Gasteiger partial charge in [0.15, 0.2) is 0 Å². The summed E-state index contributed by atoms with van der Waals surface area (Å²) < 4.78 is 17.0. The van der Waals surface area contributed by atoms with Gasteiger partial charge in [-0.3, -0.25) is 0 Å². The van der Waals surface area contributed by atoms with Gasteiger partial charge in [-0.2, -0.15) is 0 Å². The van der Waals surface area contributed by atoms with E-state index in [2.05, 4.69) is 26.1 Å². The Morgan fingerprint density at radius 1 is 1.08 bits per heavy atom. The molecule has 2 aliphatic rings. The lowest BCUT2D eigenvalue weighted by Crippen LogP contribution is -2.45. The molecule has 1 heterocycles. The molecule has 3 unspecified atom stereocenters. The number of hydrogen-bond acceptors (Lipinski definition) is 4. The number of hydrogen-bond donors (Lipinski definition) is 1. The molecule has 154 valence electrons. The summed E-state index contributed by atoms with van der Waals surface area (Å²) in [6.07, 6.45) is 9.41. The van der Waals surface area contributed by atoms with Crippen LogP contribution in [-0.2, 0) is 14.2 Å². The molecule has 1 N–H and O–H groups in total. The van der Waals surface area contributed by atoms with Gasteiger partial charge in [-0.15, -0.1) is 0 Å². The van der Waals surface area contributed by atoms with E-state index >= 15 is 0 Å². The summed E-state index contributed by atoms with van der Waals surface area (Å²) in [6, 6.07) is 0.662. The van der Waals surface area contributed by atoms with Crippen molar-refractivity contribution >= 4 is 0 Å². The third kappa shape index (κ3) is 6.19. The van der Waals surface area contributed by atoms with Crippen LogP contribution in [0.3, 0.4) is 0 Å². The van der Waals surface area contributed by atoms with Crippen LogP contribution in [0.1, 0.15) is 65.7 Å². The fraction of sp³-hybridized carbons (Fsp3) is 1.00. The zero-order valence-corrected chi connectivity index (χ0v) is 17.8. The monoisotopic (exact) mass is 369 g/mol. The Balaban J connectivity index is 1.93. The van der Waals surface area contributed by atoms with Gasteiger partial charge in [0.05, 0.1) is 25.4 Å². The smallest absolute Gasteiger partial charge is 0.0837 e. The molecular formula is C22H43NO3. The largest absolute Gasteiger partial charge is 0.382 e. The Bertz CT molecular complexity index is 378. The molecule has 2 rings (SSSR count). The molecule has 0 aromatic rings. The van der Waals surface area contributed by atoms with Crippen molar-refractivity contribution in [3.63, 3.8) is 0 Å². The second-order valence-corrected chi connectivity index (χ2v) is 8.69. The van der Waals surface area contributed by atoms with Crippen LogP contribution in [0.2, 0.25) is 0 Å². The average molecular weight is 370 g/mol. The van der Waals surface area contributed by atoms with Gasteiger partial charge in [0.2, 0.25) is 0 Å². The van der Waals surface area contributed by atoms with Crippen LogP contribution in [-0.4, -0.2) is 52.2 Å². The molecule has 26 heavy (non-hydrogen) atoms. The molecule has 1 aliphatic heterocycles. The zero-order chi connectivity index (χ0) is 18.9. The predicted octanol–water partition coefficient (Wildman–Crippen LogP) is 4.27. The number of nitrogens with one attached hydrogen (secondary N) is 1. The van der Waals surface area contributed by atoms with Crippen LogP contribution in [0.25, 0.3) is 0 Å². The quantitative estimate of drug-likeness (QED) is 0.584. The second kappa shape index (κ2) is 11.6. The molecule has 4 heteroatoms. The van der Waals surface area contributed by atoms with Crippen LogP contribution in [0.5, 0.6) is 0 Å². The number of methoxy groups -OCH3 is 2. The van der Waals surface area contributed by atoms with Gasteiger partial charge in [-0.1, -0.05) is 20.3 Å². The van der Waals surface area contributed by atoms with Crippen molar-refractivity contribution in [2.45, 2.75) is 84.0 Å². The van der Waals surface area contributed by atoms with Crippen molar-refractivity contribution in [1.29, 1.82) is 0 Å². The number of rotatable bonds is 10. The third-order valence-electron chi connectivity index (χ3n) is 7.11. The fourth-order valence-corrected chi connectivity index (χ4v) is 5.29. The summed E-state index contributed by atoms with van der Waals surface area (Å²) >= 11 is 0. The van der Waals surface area contributed by atoms with E-state index in [1.165, 1.54) is 38.6 Å². The molecule has 7 atom stereocenters. The molecule has 4 nitrogen and oxygen atoms in total. The third-order valence-corrected chi connectivity index (χ3v) is 7.11. The topological polar surface area (TPSA) is 39.7 Å². The molecule has 0 aromatic carbocycles. The van der Waals surface area contributed by atoms with Crippen molar-refractivity contribution in [3.8, 4) is 0 Å². The van der Waals surface area contributed by atoms with E-state index in [1.807, 2.05) is 7.11 Å². The summed E-state index contributed by atoms with van der Waals surface area (Å²) in [6.45, 7) is 9.76. The maximum Gasteiger partial charge on any atom is 0.0837 e. The van der Waals surface area contributed by atoms with E-state index in [9.17, 15) is 0 Å². The van der Waals surface area contributed by atoms with Crippen LogP contribution < -0.4 is 5.32 Å². The van der Waals surface area contributed by atoms with Crippen LogP contribution in [0.15, 0.2) is 0 Å². The highest BCUT2D eigenvalue weighted by Gasteiger charge is 2.37. The Morgan fingerprint density at radius 2 is 1.88 bits per heavy atom. The molecule has 0 bridgehead atoms. The number of ether oxygens (including phenoxy) is 3. The van der Waals surface area contributed by atoms with Gasteiger partial charge in [-0.05, 0) is 75.7 Å². The van der Waals surface area contributed by atoms with E-state index in [0.29, 0.717) is 19.3 Å². The molecule has 0 amide bonds. The first kappa shape index (κ1) is 22.1. The van der Waals surface area contributed by atoms with Gasteiger partial charge in [-0.25, -0.2) is 0 Å². The van der Waals surface area contributed by atoms with E-state index in [0.717, 1.165) is 36.5 Å². The maximum absolute atomic E-state index is 6.02.